The number of likely N-dealkylation sites (tertiary alicyclic amines) is 1. The van der Waals surface area contributed by atoms with Gasteiger partial charge in [0.05, 0.1) is 45.3 Å². The van der Waals surface area contributed by atoms with Gasteiger partial charge in [-0.3, -0.25) is 4.79 Å². The molecule has 0 spiro atoms. The first-order valence-corrected chi connectivity index (χ1v) is 20.1. The van der Waals surface area contributed by atoms with Gasteiger partial charge in [0.25, 0.3) is 0 Å². The smallest absolute Gasteiger partial charge is 0.352 e. The van der Waals surface area contributed by atoms with Gasteiger partial charge in [-0.15, -0.1) is 0 Å². The van der Waals surface area contributed by atoms with Crippen molar-refractivity contribution < 1.29 is 26.7 Å². The van der Waals surface area contributed by atoms with Crippen molar-refractivity contribution in [3.05, 3.63) is 86.8 Å². The zero-order chi connectivity index (χ0) is 39.7. The van der Waals surface area contributed by atoms with Crippen LogP contribution in [0.25, 0.3) is 32.9 Å². The van der Waals surface area contributed by atoms with E-state index in [1.54, 1.807) is 23.1 Å². The maximum absolute atomic E-state index is 17.3. The minimum Gasteiger partial charge on any atom is -0.352 e. The molecule has 6 unspecified atom stereocenters. The van der Waals surface area contributed by atoms with E-state index in [1.807, 2.05) is 17.9 Å². The number of nitrogens with one attached hydrogen (secondary N) is 1. The second-order valence-corrected chi connectivity index (χ2v) is 17.1. The number of benzene rings is 2. The number of hydrogen-bond acceptors (Lipinski definition) is 6. The van der Waals surface area contributed by atoms with Gasteiger partial charge in [-0.25, -0.2) is 18.7 Å². The molecule has 4 saturated heterocycles. The average molecular weight is 821 g/mol. The number of piperidine rings is 1. The van der Waals surface area contributed by atoms with Gasteiger partial charge in [0, 0.05) is 83.4 Å². The van der Waals surface area contributed by atoms with Crippen molar-refractivity contribution >= 4 is 56.7 Å². The molecule has 15 heteroatoms. The number of anilines is 1. The summed E-state index contributed by atoms with van der Waals surface area (Å²) in [4.78, 5) is 26.8. The molecule has 5 aromatic rings. The van der Waals surface area contributed by atoms with Crippen LogP contribution in [-0.4, -0.2) is 57.1 Å². The second kappa shape index (κ2) is 13.3. The van der Waals surface area contributed by atoms with E-state index in [0.29, 0.717) is 34.7 Å². The molecule has 7 heterocycles. The van der Waals surface area contributed by atoms with Crippen LogP contribution in [0.2, 0.25) is 10.0 Å². The number of alkyl halides is 3. The number of fused-ring (bicyclic) bond motifs is 6. The van der Waals surface area contributed by atoms with Gasteiger partial charge >= 0.3 is 6.18 Å². The molecule has 2 aromatic carbocycles. The largest absolute Gasteiger partial charge is 0.419 e. The van der Waals surface area contributed by atoms with Gasteiger partial charge in [0.2, 0.25) is 5.91 Å². The molecule has 3 aromatic heterocycles. The number of halogens is 7. The van der Waals surface area contributed by atoms with Crippen LogP contribution in [-0.2, 0) is 17.4 Å². The predicted molar refractivity (Wildman–Crippen MR) is 206 cm³/mol. The molecular formula is C42H36Cl2F5N7O. The van der Waals surface area contributed by atoms with Crippen molar-refractivity contribution in [2.24, 2.45) is 17.8 Å². The lowest BCUT2D eigenvalue weighted by molar-refractivity contribution is -0.140. The summed E-state index contributed by atoms with van der Waals surface area (Å²) in [6, 6.07) is 11.1. The highest BCUT2D eigenvalue weighted by Gasteiger charge is 2.55. The van der Waals surface area contributed by atoms with Crippen LogP contribution in [0.1, 0.15) is 66.7 Å². The topological polar surface area (TPSA) is 90.1 Å². The van der Waals surface area contributed by atoms with E-state index >= 15 is 8.78 Å². The lowest BCUT2D eigenvalue weighted by atomic mass is 9.79. The summed E-state index contributed by atoms with van der Waals surface area (Å²) in [6.45, 7) is 2.96. The van der Waals surface area contributed by atoms with Crippen LogP contribution in [0.3, 0.4) is 0 Å². The SMILES string of the molecule is Cc1nc2c(F)c(-c3cccc(Cl)c3Cl)c(CCC#N)cc2c2c1cc(C1C3CC(CN(c4nccc(C(F)(F)F)c4F)C3)N1C(=O)C1CC1)n2C1C2CNC1C2. The normalized spacial score (nSPS) is 25.4. The molecule has 8 nitrogen and oxygen atoms in total. The molecule has 4 aliphatic heterocycles. The Morgan fingerprint density at radius 1 is 1.05 bits per heavy atom. The summed E-state index contributed by atoms with van der Waals surface area (Å²) < 4.78 is 76.7. The maximum atomic E-state index is 17.3. The van der Waals surface area contributed by atoms with E-state index in [2.05, 4.69) is 27.0 Å². The van der Waals surface area contributed by atoms with Crippen LogP contribution >= 0.6 is 23.2 Å². The number of amides is 1. The van der Waals surface area contributed by atoms with Gasteiger partial charge < -0.3 is 19.7 Å². The number of nitriles is 1. The van der Waals surface area contributed by atoms with Crippen LogP contribution in [0.5, 0.6) is 0 Å². The number of nitrogens with zero attached hydrogens (tertiary/aromatic N) is 6. The molecule has 1 N–H and O–H groups in total. The third-order valence-electron chi connectivity index (χ3n) is 13.0. The van der Waals surface area contributed by atoms with Crippen molar-refractivity contribution in [2.75, 3.05) is 24.5 Å². The third kappa shape index (κ3) is 5.64. The van der Waals surface area contributed by atoms with Gasteiger partial charge in [-0.05, 0) is 74.8 Å². The van der Waals surface area contributed by atoms with Crippen LogP contribution in [0, 0.1) is 47.6 Å². The third-order valence-corrected chi connectivity index (χ3v) is 13.8. The van der Waals surface area contributed by atoms with E-state index in [-0.39, 0.29) is 88.6 Å². The molecule has 4 bridgehead atoms. The zero-order valence-electron chi connectivity index (χ0n) is 30.7. The van der Waals surface area contributed by atoms with Crippen molar-refractivity contribution in [3.63, 3.8) is 0 Å². The summed E-state index contributed by atoms with van der Waals surface area (Å²) in [5.41, 5.74) is 2.20. The molecule has 6 atom stereocenters. The van der Waals surface area contributed by atoms with Crippen molar-refractivity contribution in [3.8, 4) is 17.2 Å². The first-order valence-electron chi connectivity index (χ1n) is 19.4. The van der Waals surface area contributed by atoms with Gasteiger partial charge in [0.1, 0.15) is 5.52 Å². The Hall–Kier alpha value is -4.51. The van der Waals surface area contributed by atoms with Crippen molar-refractivity contribution in [1.29, 1.82) is 5.26 Å². The monoisotopic (exact) mass is 819 g/mol. The first-order chi connectivity index (χ1) is 27.3. The van der Waals surface area contributed by atoms with Crippen molar-refractivity contribution in [1.82, 2.24) is 24.8 Å². The molecule has 294 valence electrons. The fourth-order valence-electron chi connectivity index (χ4n) is 10.4. The highest BCUT2D eigenvalue weighted by Crippen LogP contribution is 2.54. The number of hydrogen-bond donors (Lipinski definition) is 1. The highest BCUT2D eigenvalue weighted by atomic mass is 35.5. The Labute approximate surface area is 334 Å². The van der Waals surface area contributed by atoms with Crippen LogP contribution < -0.4 is 10.2 Å². The summed E-state index contributed by atoms with van der Waals surface area (Å²) in [5, 5.41) is 15.1. The van der Waals surface area contributed by atoms with Gasteiger partial charge in [-0.2, -0.15) is 18.4 Å². The number of rotatable bonds is 7. The standard InChI is InChI=1S/C42H36Cl2F5N7O/c1-19-26-15-31(38-23-12-24(55(38)41(57)20-7-8-20)18-54(17-23)40-34(45)28(9-11-51-40)42(47,48)49)56(37-22-14-30(37)52-16-22)39(26)27-13-21(4-3-10-50)32(35(46)36(27)53-19)25-5-2-6-29(43)33(25)44/h2,5-6,9,11,13,15,20,22-24,30,37-38,52H,3-4,7-8,12,14,16-18H2,1H3. The van der Waals surface area contributed by atoms with Gasteiger partial charge in [0.15, 0.2) is 17.5 Å². The summed E-state index contributed by atoms with van der Waals surface area (Å²) in [6.07, 6.45) is -0.486. The van der Waals surface area contributed by atoms with Crippen molar-refractivity contribution in [2.45, 2.75) is 75.8 Å². The van der Waals surface area contributed by atoms with Crippen LogP contribution in [0.15, 0.2) is 42.6 Å². The van der Waals surface area contributed by atoms with E-state index in [4.69, 9.17) is 28.2 Å². The molecular weight excluding hydrogens is 784 g/mol. The quantitative estimate of drug-likeness (QED) is 0.165. The molecule has 11 rings (SSSR count). The number of carbonyl (C=O) groups excluding carboxylic acids is 1. The first kappa shape index (κ1) is 36.8. The van der Waals surface area contributed by atoms with Gasteiger partial charge in [-0.1, -0.05) is 35.3 Å². The minimum absolute atomic E-state index is 0.00841. The summed E-state index contributed by atoms with van der Waals surface area (Å²) >= 11 is 13.1. The Kier molecular flexibility index (Phi) is 8.56. The second-order valence-electron chi connectivity index (χ2n) is 16.3. The van der Waals surface area contributed by atoms with E-state index < -0.39 is 35.5 Å². The molecule has 0 radical (unpaired) electrons. The Morgan fingerprint density at radius 3 is 2.56 bits per heavy atom. The molecule has 6 fully saturated rings. The number of pyridine rings is 2. The Bertz CT molecular complexity index is 2550. The Balaban J connectivity index is 1.19. The minimum atomic E-state index is -4.89. The molecule has 1 amide bonds. The summed E-state index contributed by atoms with van der Waals surface area (Å²) in [5.74, 6) is -2.53. The number of aromatic nitrogens is 3. The maximum Gasteiger partial charge on any atom is 0.419 e. The fraction of sp³-hybridized carbons (Fsp3) is 0.429. The van der Waals surface area contributed by atoms with E-state index in [9.17, 15) is 23.2 Å². The molecule has 2 saturated carbocycles. The molecule has 57 heavy (non-hydrogen) atoms. The fourth-order valence-corrected chi connectivity index (χ4v) is 10.7. The zero-order valence-corrected chi connectivity index (χ0v) is 32.2. The Morgan fingerprint density at radius 2 is 1.86 bits per heavy atom. The van der Waals surface area contributed by atoms with Crippen LogP contribution in [0.4, 0.5) is 27.8 Å². The lowest BCUT2D eigenvalue weighted by Crippen LogP contribution is -2.45. The lowest BCUT2D eigenvalue weighted by Gasteiger charge is -2.40. The van der Waals surface area contributed by atoms with E-state index in [0.717, 1.165) is 48.6 Å². The molecule has 6 aliphatic rings. The number of aryl methyl sites for hydroxylation is 2. The summed E-state index contributed by atoms with van der Waals surface area (Å²) in [7, 11) is 0. The molecule has 2 aliphatic carbocycles. The average Bonchev–Trinajstić information content (AvgIpc) is 3.45. The predicted octanol–water partition coefficient (Wildman–Crippen LogP) is 9.34. The number of carbonyl (C=O) groups is 1. The highest BCUT2D eigenvalue weighted by molar-refractivity contribution is 6.43. The van der Waals surface area contributed by atoms with E-state index in [1.165, 1.54) is 0 Å².